The third-order valence-electron chi connectivity index (χ3n) is 3.42. The number of hydrogen-bond acceptors (Lipinski definition) is 2. The highest BCUT2D eigenvalue weighted by atomic mass is 16.2. The highest BCUT2D eigenvalue weighted by Gasteiger charge is 2.41. The minimum atomic E-state index is 0.311. The quantitative estimate of drug-likeness (QED) is 0.693. The summed E-state index contributed by atoms with van der Waals surface area (Å²) in [6.45, 7) is 0. The second-order valence-corrected chi connectivity index (χ2v) is 4.26. The van der Waals surface area contributed by atoms with Crippen molar-refractivity contribution in [1.82, 2.24) is 10.2 Å². The van der Waals surface area contributed by atoms with Gasteiger partial charge in [0.1, 0.15) is 0 Å². The number of nitrogens with zero attached hydrogens (tertiary/aromatic N) is 1. The molecule has 2 fully saturated rings. The molecule has 13 heavy (non-hydrogen) atoms. The van der Waals surface area contributed by atoms with Crippen LogP contribution in [-0.4, -0.2) is 37.0 Å². The minimum Gasteiger partial charge on any atom is -0.341 e. The average molecular weight is 182 g/mol. The Morgan fingerprint density at radius 3 is 2.54 bits per heavy atom. The molecule has 0 radical (unpaired) electrons. The molecule has 2 aliphatic rings. The molecular weight excluding hydrogens is 164 g/mol. The Balaban J connectivity index is 2.01. The molecule has 1 N–H and O–H groups in total. The summed E-state index contributed by atoms with van der Waals surface area (Å²) in [6, 6.07) is 0.987. The molecule has 2 unspecified atom stereocenters. The summed E-state index contributed by atoms with van der Waals surface area (Å²) in [5.41, 5.74) is 0. The minimum absolute atomic E-state index is 0.311. The van der Waals surface area contributed by atoms with Crippen molar-refractivity contribution in [1.29, 1.82) is 0 Å². The van der Waals surface area contributed by atoms with Crippen LogP contribution in [0.2, 0.25) is 0 Å². The predicted molar refractivity (Wildman–Crippen MR) is 51.4 cm³/mol. The zero-order chi connectivity index (χ0) is 9.42. The summed E-state index contributed by atoms with van der Waals surface area (Å²) in [6.07, 6.45) is 4.46. The topological polar surface area (TPSA) is 32.3 Å². The van der Waals surface area contributed by atoms with Gasteiger partial charge in [0.15, 0.2) is 0 Å². The number of carbonyl (C=O) groups excluding carboxylic acids is 1. The summed E-state index contributed by atoms with van der Waals surface area (Å²) in [5, 5.41) is 3.36. The lowest BCUT2D eigenvalue weighted by Gasteiger charge is -2.28. The molecular formula is C10H18N2O. The van der Waals surface area contributed by atoms with Crippen molar-refractivity contribution in [2.24, 2.45) is 5.92 Å². The van der Waals surface area contributed by atoms with E-state index < -0.39 is 0 Å². The van der Waals surface area contributed by atoms with Gasteiger partial charge in [0, 0.05) is 25.6 Å². The molecule has 2 atom stereocenters. The van der Waals surface area contributed by atoms with Crippen molar-refractivity contribution in [3.05, 3.63) is 0 Å². The first-order valence-corrected chi connectivity index (χ1v) is 5.17. The molecule has 3 nitrogen and oxygen atoms in total. The van der Waals surface area contributed by atoms with Crippen molar-refractivity contribution in [3.63, 3.8) is 0 Å². The second-order valence-electron chi connectivity index (χ2n) is 4.26. The SMILES string of the molecule is CNC(C1CC1)C1CCC(=O)N1C. The van der Waals surface area contributed by atoms with E-state index in [0.717, 1.165) is 18.8 Å². The molecule has 1 heterocycles. The number of likely N-dealkylation sites (N-methyl/N-ethyl adjacent to an activating group) is 2. The van der Waals surface area contributed by atoms with Crippen LogP contribution in [0.15, 0.2) is 0 Å². The van der Waals surface area contributed by atoms with Crippen molar-refractivity contribution >= 4 is 5.91 Å². The Hall–Kier alpha value is -0.570. The zero-order valence-corrected chi connectivity index (χ0v) is 8.42. The molecule has 0 aromatic heterocycles. The van der Waals surface area contributed by atoms with E-state index in [-0.39, 0.29) is 0 Å². The fourth-order valence-corrected chi connectivity index (χ4v) is 2.44. The molecule has 1 amide bonds. The van der Waals surface area contributed by atoms with Crippen LogP contribution < -0.4 is 5.32 Å². The molecule has 2 rings (SSSR count). The lowest BCUT2D eigenvalue weighted by Crippen LogP contribution is -2.46. The third kappa shape index (κ3) is 1.57. The van der Waals surface area contributed by atoms with Crippen LogP contribution in [-0.2, 0) is 4.79 Å². The monoisotopic (exact) mass is 182 g/mol. The molecule has 1 aliphatic carbocycles. The van der Waals surface area contributed by atoms with Gasteiger partial charge in [-0.05, 0) is 32.2 Å². The largest absolute Gasteiger partial charge is 0.341 e. The average Bonchev–Trinajstić information content (AvgIpc) is 2.89. The maximum atomic E-state index is 11.3. The summed E-state index contributed by atoms with van der Waals surface area (Å²) < 4.78 is 0. The molecule has 0 aromatic carbocycles. The van der Waals surface area contributed by atoms with Crippen LogP contribution in [0.25, 0.3) is 0 Å². The molecule has 0 spiro atoms. The maximum Gasteiger partial charge on any atom is 0.222 e. The molecule has 0 bridgehead atoms. The summed E-state index contributed by atoms with van der Waals surface area (Å²) in [7, 11) is 3.95. The Labute approximate surface area is 79.5 Å². The van der Waals surface area contributed by atoms with Gasteiger partial charge in [0.25, 0.3) is 0 Å². The standard InChI is InChI=1S/C10H18N2O/c1-11-10(7-3-4-7)8-5-6-9(13)12(8)2/h7-8,10-11H,3-6H2,1-2H3. The van der Waals surface area contributed by atoms with Gasteiger partial charge in [-0.2, -0.15) is 0 Å². The van der Waals surface area contributed by atoms with E-state index in [0.29, 0.717) is 18.0 Å². The van der Waals surface area contributed by atoms with Gasteiger partial charge in [-0.3, -0.25) is 4.79 Å². The van der Waals surface area contributed by atoms with Crippen LogP contribution >= 0.6 is 0 Å². The van der Waals surface area contributed by atoms with Gasteiger partial charge in [-0.25, -0.2) is 0 Å². The van der Waals surface area contributed by atoms with Crippen molar-refractivity contribution in [2.75, 3.05) is 14.1 Å². The van der Waals surface area contributed by atoms with E-state index in [4.69, 9.17) is 0 Å². The van der Waals surface area contributed by atoms with E-state index in [9.17, 15) is 4.79 Å². The van der Waals surface area contributed by atoms with Gasteiger partial charge >= 0.3 is 0 Å². The number of rotatable bonds is 3. The van der Waals surface area contributed by atoms with Gasteiger partial charge in [0.05, 0.1) is 0 Å². The molecule has 1 saturated carbocycles. The van der Waals surface area contributed by atoms with E-state index in [1.54, 1.807) is 0 Å². The van der Waals surface area contributed by atoms with Crippen molar-refractivity contribution < 1.29 is 4.79 Å². The Bertz CT molecular complexity index is 213. The highest BCUT2D eigenvalue weighted by Crippen LogP contribution is 2.37. The van der Waals surface area contributed by atoms with Crippen LogP contribution in [0.4, 0.5) is 0 Å². The smallest absolute Gasteiger partial charge is 0.222 e. The van der Waals surface area contributed by atoms with E-state index in [1.165, 1.54) is 12.8 Å². The first kappa shape index (κ1) is 9.00. The van der Waals surface area contributed by atoms with Crippen LogP contribution in [0.3, 0.4) is 0 Å². The summed E-state index contributed by atoms with van der Waals surface area (Å²) in [5.74, 6) is 1.13. The number of hydrogen-bond donors (Lipinski definition) is 1. The summed E-state index contributed by atoms with van der Waals surface area (Å²) in [4.78, 5) is 13.3. The van der Waals surface area contributed by atoms with Crippen molar-refractivity contribution in [2.45, 2.75) is 37.8 Å². The van der Waals surface area contributed by atoms with Gasteiger partial charge in [-0.15, -0.1) is 0 Å². The number of carbonyl (C=O) groups is 1. The van der Waals surface area contributed by atoms with Gasteiger partial charge < -0.3 is 10.2 Å². The van der Waals surface area contributed by atoms with E-state index in [1.807, 2.05) is 19.0 Å². The lowest BCUT2D eigenvalue weighted by molar-refractivity contribution is -0.128. The molecule has 1 saturated heterocycles. The van der Waals surface area contributed by atoms with Crippen LogP contribution in [0, 0.1) is 5.92 Å². The van der Waals surface area contributed by atoms with Crippen LogP contribution in [0.5, 0.6) is 0 Å². The summed E-state index contributed by atoms with van der Waals surface area (Å²) >= 11 is 0. The van der Waals surface area contributed by atoms with Crippen LogP contribution in [0.1, 0.15) is 25.7 Å². The number of nitrogens with one attached hydrogen (secondary N) is 1. The first-order chi connectivity index (χ1) is 6.24. The first-order valence-electron chi connectivity index (χ1n) is 5.17. The van der Waals surface area contributed by atoms with Gasteiger partial charge in [-0.1, -0.05) is 0 Å². The fourth-order valence-electron chi connectivity index (χ4n) is 2.44. The van der Waals surface area contributed by atoms with Gasteiger partial charge in [0.2, 0.25) is 5.91 Å². The maximum absolute atomic E-state index is 11.3. The molecule has 3 heteroatoms. The number of likely N-dealkylation sites (tertiary alicyclic amines) is 1. The Morgan fingerprint density at radius 1 is 1.46 bits per heavy atom. The molecule has 1 aliphatic heterocycles. The fraction of sp³-hybridized carbons (Fsp3) is 0.900. The normalized spacial score (nSPS) is 31.1. The predicted octanol–water partition coefficient (Wildman–Crippen LogP) is 0.605. The van der Waals surface area contributed by atoms with Crippen molar-refractivity contribution in [3.8, 4) is 0 Å². The Kier molecular flexibility index (Phi) is 2.28. The highest BCUT2D eigenvalue weighted by molar-refractivity contribution is 5.78. The number of amides is 1. The van der Waals surface area contributed by atoms with E-state index in [2.05, 4.69) is 5.32 Å². The Morgan fingerprint density at radius 2 is 2.15 bits per heavy atom. The van der Waals surface area contributed by atoms with E-state index >= 15 is 0 Å². The molecule has 0 aromatic rings. The zero-order valence-electron chi connectivity index (χ0n) is 8.42. The lowest BCUT2D eigenvalue weighted by atomic mass is 10.0. The molecule has 74 valence electrons. The second kappa shape index (κ2) is 3.29. The third-order valence-corrected chi connectivity index (χ3v) is 3.42.